The Kier molecular flexibility index (Phi) is 6.62. The summed E-state index contributed by atoms with van der Waals surface area (Å²) in [5.41, 5.74) is 1.47. The predicted octanol–water partition coefficient (Wildman–Crippen LogP) is 4.37. The molecule has 126 valence electrons. The second-order valence-electron chi connectivity index (χ2n) is 6.58. The zero-order chi connectivity index (χ0) is 16.9. The molecule has 1 fully saturated rings. The molecule has 0 saturated carbocycles. The first-order valence-electron chi connectivity index (χ1n) is 8.03. The Bertz CT molecular complexity index is 557. The van der Waals surface area contributed by atoms with Crippen LogP contribution in [0.5, 0.6) is 0 Å². The van der Waals surface area contributed by atoms with Gasteiger partial charge in [-0.15, -0.1) is 0 Å². The van der Waals surface area contributed by atoms with Gasteiger partial charge in [-0.25, -0.2) is 4.99 Å². The van der Waals surface area contributed by atoms with E-state index in [0.29, 0.717) is 0 Å². The van der Waals surface area contributed by atoms with Crippen LogP contribution in [0.2, 0.25) is 0 Å². The van der Waals surface area contributed by atoms with Crippen LogP contribution in [-0.2, 0) is 11.2 Å². The van der Waals surface area contributed by atoms with Gasteiger partial charge in [0.1, 0.15) is 0 Å². The van der Waals surface area contributed by atoms with Crippen molar-refractivity contribution in [2.45, 2.75) is 39.8 Å². The highest BCUT2D eigenvalue weighted by molar-refractivity contribution is 8.14. The zero-order valence-electron chi connectivity index (χ0n) is 14.4. The Hall–Kier alpha value is -0.910. The molecule has 1 atom stereocenters. The fourth-order valence-corrected chi connectivity index (χ4v) is 3.84. The summed E-state index contributed by atoms with van der Waals surface area (Å²) in [6.07, 6.45) is 1.46. The van der Waals surface area contributed by atoms with Crippen molar-refractivity contribution in [1.82, 2.24) is 4.90 Å². The number of thioether (sulfide) groups is 1. The van der Waals surface area contributed by atoms with Gasteiger partial charge in [0.05, 0.1) is 4.99 Å². The van der Waals surface area contributed by atoms with Gasteiger partial charge in [-0.1, -0.05) is 75.1 Å². The number of amidine groups is 1. The van der Waals surface area contributed by atoms with Crippen LogP contribution in [0, 0.1) is 5.41 Å². The number of methoxy groups -OCH3 is 1. The maximum absolute atomic E-state index is 5.60. The van der Waals surface area contributed by atoms with Gasteiger partial charge >= 0.3 is 0 Å². The molecular formula is C18H26N2OS2. The maximum atomic E-state index is 5.60. The summed E-state index contributed by atoms with van der Waals surface area (Å²) >= 11 is 7.35. The van der Waals surface area contributed by atoms with Crippen molar-refractivity contribution >= 4 is 34.1 Å². The van der Waals surface area contributed by atoms with Gasteiger partial charge in [-0.3, -0.25) is 0 Å². The number of ether oxygens (including phenoxy) is 1. The second kappa shape index (κ2) is 8.27. The molecule has 0 spiro atoms. The summed E-state index contributed by atoms with van der Waals surface area (Å²) in [6.45, 7) is 7.58. The highest BCUT2D eigenvalue weighted by Crippen LogP contribution is 2.32. The second-order valence-corrected chi connectivity index (χ2v) is 7.99. The number of thiocarbonyl (C=S) groups is 1. The summed E-state index contributed by atoms with van der Waals surface area (Å²) in [7, 11) is 1.72. The Morgan fingerprint density at radius 1 is 1.39 bits per heavy atom. The molecule has 0 radical (unpaired) electrons. The van der Waals surface area contributed by atoms with Crippen molar-refractivity contribution in [3.05, 3.63) is 35.9 Å². The van der Waals surface area contributed by atoms with Crippen LogP contribution in [0.25, 0.3) is 0 Å². The summed E-state index contributed by atoms with van der Waals surface area (Å²) in [5, 5.41) is 0.999. The number of benzene rings is 1. The zero-order valence-corrected chi connectivity index (χ0v) is 16.0. The monoisotopic (exact) mass is 350 g/mol. The lowest BCUT2D eigenvalue weighted by atomic mass is 9.95. The number of nitrogens with zero attached hydrogens (tertiary/aromatic N) is 2. The largest absolute Gasteiger partial charge is 0.359 e. The van der Waals surface area contributed by atoms with E-state index in [1.165, 1.54) is 5.56 Å². The Labute approximate surface area is 149 Å². The lowest BCUT2D eigenvalue weighted by molar-refractivity contribution is 0.110. The van der Waals surface area contributed by atoms with Gasteiger partial charge in [0.15, 0.2) is 11.4 Å². The molecule has 0 aromatic heterocycles. The normalized spacial score (nSPS) is 20.5. The van der Waals surface area contributed by atoms with Crippen LogP contribution in [0.4, 0.5) is 0 Å². The lowest BCUT2D eigenvalue weighted by Crippen LogP contribution is -2.46. The molecule has 2 rings (SSSR count). The standard InChI is InChI=1S/C18H26N2OS2/c1-5-16(22)20-12-18(2,3)13-23-17(20)19-15(21-4)11-14-9-7-6-8-10-14/h6-10,15H,5,11-13H2,1-4H3. The average Bonchev–Trinajstić information content (AvgIpc) is 2.55. The topological polar surface area (TPSA) is 24.8 Å². The molecule has 5 heteroatoms. The van der Waals surface area contributed by atoms with E-state index in [9.17, 15) is 0 Å². The summed E-state index contributed by atoms with van der Waals surface area (Å²) < 4.78 is 5.60. The minimum atomic E-state index is -0.178. The fraction of sp³-hybridized carbons (Fsp3) is 0.556. The summed E-state index contributed by atoms with van der Waals surface area (Å²) in [6, 6.07) is 10.3. The van der Waals surface area contributed by atoms with Gasteiger partial charge in [0.25, 0.3) is 0 Å². The Morgan fingerprint density at radius 3 is 2.70 bits per heavy atom. The van der Waals surface area contributed by atoms with Crippen LogP contribution in [-0.4, -0.2) is 40.7 Å². The van der Waals surface area contributed by atoms with Gasteiger partial charge in [0.2, 0.25) is 0 Å². The van der Waals surface area contributed by atoms with Crippen LogP contribution >= 0.6 is 24.0 Å². The van der Waals surface area contributed by atoms with E-state index in [2.05, 4.69) is 37.8 Å². The van der Waals surface area contributed by atoms with E-state index in [-0.39, 0.29) is 11.6 Å². The van der Waals surface area contributed by atoms with Gasteiger partial charge in [0, 0.05) is 25.8 Å². The third-order valence-corrected chi connectivity index (χ3v) is 5.81. The van der Waals surface area contributed by atoms with Crippen LogP contribution < -0.4 is 0 Å². The molecule has 1 saturated heterocycles. The van der Waals surface area contributed by atoms with Crippen molar-refractivity contribution in [3.8, 4) is 0 Å². The summed E-state index contributed by atoms with van der Waals surface area (Å²) in [4.78, 5) is 8.01. The van der Waals surface area contributed by atoms with Crippen LogP contribution in [0.1, 0.15) is 32.8 Å². The Balaban J connectivity index is 2.17. The molecule has 0 amide bonds. The van der Waals surface area contributed by atoms with E-state index in [0.717, 1.165) is 35.3 Å². The van der Waals surface area contributed by atoms with E-state index >= 15 is 0 Å². The van der Waals surface area contributed by atoms with Crippen molar-refractivity contribution in [2.75, 3.05) is 19.4 Å². The van der Waals surface area contributed by atoms with E-state index in [4.69, 9.17) is 21.9 Å². The smallest absolute Gasteiger partial charge is 0.166 e. The first-order valence-corrected chi connectivity index (χ1v) is 9.42. The fourth-order valence-electron chi connectivity index (χ4n) is 2.49. The van der Waals surface area contributed by atoms with Crippen molar-refractivity contribution in [1.29, 1.82) is 0 Å². The predicted molar refractivity (Wildman–Crippen MR) is 104 cm³/mol. The number of rotatable bonds is 5. The highest BCUT2D eigenvalue weighted by Gasteiger charge is 2.32. The van der Waals surface area contributed by atoms with Crippen molar-refractivity contribution in [2.24, 2.45) is 10.4 Å². The molecule has 1 aliphatic heterocycles. The number of hydrogen-bond donors (Lipinski definition) is 0. The first-order chi connectivity index (χ1) is 10.9. The minimum absolute atomic E-state index is 0.178. The van der Waals surface area contributed by atoms with Gasteiger partial charge in [-0.2, -0.15) is 0 Å². The van der Waals surface area contributed by atoms with E-state index < -0.39 is 0 Å². The third kappa shape index (κ3) is 5.30. The SMILES string of the molecule is CCC(=S)N1CC(C)(C)CSC1=NC(Cc1ccccc1)OC. The molecule has 1 heterocycles. The van der Waals surface area contributed by atoms with E-state index in [1.54, 1.807) is 18.9 Å². The molecule has 1 unspecified atom stereocenters. The molecule has 1 aromatic carbocycles. The average molecular weight is 351 g/mol. The molecule has 0 aliphatic carbocycles. The van der Waals surface area contributed by atoms with Gasteiger partial charge < -0.3 is 9.64 Å². The van der Waals surface area contributed by atoms with E-state index in [1.807, 2.05) is 18.2 Å². The van der Waals surface area contributed by atoms with Gasteiger partial charge in [-0.05, 0) is 17.4 Å². The molecule has 1 aromatic rings. The molecule has 23 heavy (non-hydrogen) atoms. The molecule has 3 nitrogen and oxygen atoms in total. The van der Waals surface area contributed by atoms with Crippen molar-refractivity contribution in [3.63, 3.8) is 0 Å². The summed E-state index contributed by atoms with van der Waals surface area (Å²) in [5.74, 6) is 1.05. The molecular weight excluding hydrogens is 324 g/mol. The molecule has 1 aliphatic rings. The van der Waals surface area contributed by atoms with Crippen LogP contribution in [0.15, 0.2) is 35.3 Å². The Morgan fingerprint density at radius 2 is 2.09 bits per heavy atom. The third-order valence-electron chi connectivity index (χ3n) is 3.79. The molecule has 0 bridgehead atoms. The molecule has 0 N–H and O–H groups in total. The number of hydrogen-bond acceptors (Lipinski definition) is 4. The minimum Gasteiger partial charge on any atom is -0.359 e. The quantitative estimate of drug-likeness (QED) is 0.736. The maximum Gasteiger partial charge on any atom is 0.166 e. The first kappa shape index (κ1) is 18.4. The lowest BCUT2D eigenvalue weighted by Gasteiger charge is -2.39. The van der Waals surface area contributed by atoms with Crippen molar-refractivity contribution < 1.29 is 4.74 Å². The highest BCUT2D eigenvalue weighted by atomic mass is 32.2. The van der Waals surface area contributed by atoms with Crippen LogP contribution in [0.3, 0.4) is 0 Å². The number of aliphatic imine (C=N–C) groups is 1.